The second-order valence-corrected chi connectivity index (χ2v) is 11.7. The lowest BCUT2D eigenvalue weighted by Crippen LogP contribution is -2.24. The van der Waals surface area contributed by atoms with Crippen molar-refractivity contribution in [1.29, 1.82) is 0 Å². The van der Waals surface area contributed by atoms with Crippen molar-refractivity contribution in [3.63, 3.8) is 0 Å². The maximum absolute atomic E-state index is 5.53. The van der Waals surface area contributed by atoms with Crippen molar-refractivity contribution in [2.24, 2.45) is 17.8 Å². The summed E-state index contributed by atoms with van der Waals surface area (Å²) in [5.41, 5.74) is 0.101. The Morgan fingerprint density at radius 2 is 0.953 bits per heavy atom. The summed E-state index contributed by atoms with van der Waals surface area (Å²) in [4.78, 5) is 0. The van der Waals surface area contributed by atoms with Crippen LogP contribution < -0.4 is 16.0 Å². The van der Waals surface area contributed by atoms with Crippen LogP contribution in [0.1, 0.15) is 144 Å². The molecule has 267 valence electrons. The molecule has 3 aliphatic heterocycles. The first-order valence-electron chi connectivity index (χ1n) is 15.7. The normalized spacial score (nSPS) is 26.4. The predicted octanol–water partition coefficient (Wildman–Crippen LogP) is 8.84. The first kappa shape index (κ1) is 58.4. The summed E-state index contributed by atoms with van der Waals surface area (Å²) < 4.78 is 16.4. The van der Waals surface area contributed by atoms with E-state index >= 15 is 0 Å². The van der Waals surface area contributed by atoms with E-state index in [1.807, 2.05) is 13.8 Å². The van der Waals surface area contributed by atoms with Gasteiger partial charge in [0, 0.05) is 41.1 Å². The molecule has 0 aromatic rings. The van der Waals surface area contributed by atoms with E-state index in [-0.39, 0.29) is 51.1 Å². The smallest absolute Gasteiger partial charge is 0.0639 e. The van der Waals surface area contributed by atoms with Crippen LogP contribution in [0.3, 0.4) is 0 Å². The van der Waals surface area contributed by atoms with Gasteiger partial charge in [-0.3, -0.25) is 0 Å². The summed E-state index contributed by atoms with van der Waals surface area (Å²) in [6.45, 7) is 28.2. The molecule has 3 N–H and O–H groups in total. The topological polar surface area (TPSA) is 63.8 Å². The minimum absolute atomic E-state index is 0. The lowest BCUT2D eigenvalue weighted by Gasteiger charge is -2.21. The zero-order valence-electron chi connectivity index (χ0n) is 27.0. The molecule has 4 fully saturated rings. The van der Waals surface area contributed by atoms with Crippen LogP contribution in [0.4, 0.5) is 0 Å². The molecule has 7 heteroatoms. The quantitative estimate of drug-likeness (QED) is 0.186. The molecular formula is C36H87BN3O3. The van der Waals surface area contributed by atoms with Gasteiger partial charge in [-0.1, -0.05) is 110 Å². The Balaban J connectivity index is -0.0000000754. The zero-order valence-corrected chi connectivity index (χ0v) is 27.0. The second kappa shape index (κ2) is 38.0. The molecule has 4 unspecified atom stereocenters. The van der Waals surface area contributed by atoms with E-state index in [4.69, 9.17) is 14.2 Å². The Hall–Kier alpha value is -0.175. The van der Waals surface area contributed by atoms with E-state index in [1.165, 1.54) is 38.5 Å². The van der Waals surface area contributed by atoms with Crippen molar-refractivity contribution in [1.82, 2.24) is 16.0 Å². The third kappa shape index (κ3) is 34.5. The monoisotopic (exact) mass is 621 g/mol. The van der Waals surface area contributed by atoms with Crippen LogP contribution in [0.15, 0.2) is 0 Å². The highest BCUT2D eigenvalue weighted by atomic mass is 16.5. The van der Waals surface area contributed by atoms with Gasteiger partial charge in [0.25, 0.3) is 0 Å². The SMILES string of the molecule is C.C.C.C.C.CC.CC1(C)CCNCCO1.CC1CCCCCC1.CC1CNCCOC1C.CC1CNCCOC1C.[B]. The molecule has 3 heterocycles. The molecule has 0 aromatic carbocycles. The Morgan fingerprint density at radius 3 is 1.37 bits per heavy atom. The van der Waals surface area contributed by atoms with Gasteiger partial charge in [0.2, 0.25) is 0 Å². The molecule has 3 radical (unpaired) electrons. The Kier molecular flexibility index (Phi) is 51.6. The highest BCUT2D eigenvalue weighted by molar-refractivity contribution is 5.75. The van der Waals surface area contributed by atoms with E-state index < -0.39 is 0 Å². The first-order valence-corrected chi connectivity index (χ1v) is 15.7. The van der Waals surface area contributed by atoms with E-state index in [9.17, 15) is 0 Å². The molecule has 6 nitrogen and oxygen atoms in total. The molecular weight excluding hydrogens is 533 g/mol. The van der Waals surface area contributed by atoms with Gasteiger partial charge in [-0.05, 0) is 58.4 Å². The third-order valence-corrected chi connectivity index (χ3v) is 7.67. The lowest BCUT2D eigenvalue weighted by atomic mass is 10.0. The van der Waals surface area contributed by atoms with Crippen LogP contribution in [-0.2, 0) is 14.2 Å². The molecule has 4 aliphatic rings. The third-order valence-electron chi connectivity index (χ3n) is 7.67. The largest absolute Gasteiger partial charge is 0.377 e. The fourth-order valence-electron chi connectivity index (χ4n) is 4.42. The Bertz CT molecular complexity index is 440. The van der Waals surface area contributed by atoms with E-state index in [0.29, 0.717) is 24.0 Å². The van der Waals surface area contributed by atoms with Crippen molar-refractivity contribution in [2.45, 2.75) is 162 Å². The molecule has 0 bridgehead atoms. The molecule has 1 aliphatic carbocycles. The minimum atomic E-state index is 0. The molecule has 1 saturated carbocycles. The van der Waals surface area contributed by atoms with Crippen molar-refractivity contribution in [3.05, 3.63) is 0 Å². The highest BCUT2D eigenvalue weighted by Crippen LogP contribution is 2.21. The Morgan fingerprint density at radius 1 is 0.558 bits per heavy atom. The molecule has 0 spiro atoms. The van der Waals surface area contributed by atoms with Gasteiger partial charge < -0.3 is 30.2 Å². The average Bonchev–Trinajstić information content (AvgIpc) is 3.39. The van der Waals surface area contributed by atoms with Crippen molar-refractivity contribution >= 4 is 8.41 Å². The van der Waals surface area contributed by atoms with Crippen LogP contribution >= 0.6 is 0 Å². The van der Waals surface area contributed by atoms with Gasteiger partial charge in [-0.15, -0.1) is 0 Å². The van der Waals surface area contributed by atoms with Crippen molar-refractivity contribution in [2.75, 3.05) is 59.1 Å². The maximum Gasteiger partial charge on any atom is 0.0639 e. The minimum Gasteiger partial charge on any atom is -0.377 e. The van der Waals surface area contributed by atoms with E-state index in [0.717, 1.165) is 71.4 Å². The summed E-state index contributed by atoms with van der Waals surface area (Å²) in [5.74, 6) is 2.34. The maximum atomic E-state index is 5.53. The standard InChI is InChI=1S/C8H16.3C7H15NO.C2H6.5CH4.B/c1-8-6-4-2-3-5-7-8;1-7(2)3-4-8-5-6-9-7;2*1-6-5-8-3-4-9-7(6)2;1-2;;;;;;/h8H,2-7H2,1H3;8H,3-6H2,1-2H3;2*6-8H,3-5H2,1-2H3;1-2H3;5*1H4;. The molecule has 3 saturated heterocycles. The van der Waals surface area contributed by atoms with E-state index in [1.54, 1.807) is 0 Å². The molecule has 43 heavy (non-hydrogen) atoms. The van der Waals surface area contributed by atoms with Crippen LogP contribution in [0.5, 0.6) is 0 Å². The molecule has 0 aromatic heterocycles. The van der Waals surface area contributed by atoms with Crippen LogP contribution in [0.25, 0.3) is 0 Å². The van der Waals surface area contributed by atoms with Gasteiger partial charge in [-0.2, -0.15) is 0 Å². The fraction of sp³-hybridized carbons (Fsp3) is 1.00. The summed E-state index contributed by atoms with van der Waals surface area (Å²) in [7, 11) is 0. The van der Waals surface area contributed by atoms with Crippen LogP contribution in [-0.4, -0.2) is 85.3 Å². The van der Waals surface area contributed by atoms with E-state index in [2.05, 4.69) is 64.4 Å². The van der Waals surface area contributed by atoms with Crippen molar-refractivity contribution < 1.29 is 14.2 Å². The van der Waals surface area contributed by atoms with Gasteiger partial charge in [-0.25, -0.2) is 0 Å². The summed E-state index contributed by atoms with van der Waals surface area (Å²) in [6.07, 6.45) is 10.9. The first-order chi connectivity index (χ1) is 17.7. The number of hydrogen-bond acceptors (Lipinski definition) is 6. The summed E-state index contributed by atoms with van der Waals surface area (Å²) in [6, 6.07) is 0. The average molecular weight is 621 g/mol. The second-order valence-electron chi connectivity index (χ2n) is 11.7. The zero-order chi connectivity index (χ0) is 27.9. The number of hydrogen-bond donors (Lipinski definition) is 3. The van der Waals surface area contributed by atoms with Crippen LogP contribution in [0, 0.1) is 17.8 Å². The van der Waals surface area contributed by atoms with Gasteiger partial charge in [0.15, 0.2) is 0 Å². The van der Waals surface area contributed by atoms with Gasteiger partial charge in [0.1, 0.15) is 0 Å². The van der Waals surface area contributed by atoms with Crippen molar-refractivity contribution in [3.8, 4) is 0 Å². The summed E-state index contributed by atoms with van der Waals surface area (Å²) >= 11 is 0. The Labute approximate surface area is 277 Å². The lowest BCUT2D eigenvalue weighted by molar-refractivity contribution is -0.00782. The fourth-order valence-corrected chi connectivity index (χ4v) is 4.42. The molecule has 4 rings (SSSR count). The van der Waals surface area contributed by atoms with Gasteiger partial charge in [0.05, 0.1) is 37.6 Å². The highest BCUT2D eigenvalue weighted by Gasteiger charge is 2.19. The molecule has 4 atom stereocenters. The summed E-state index contributed by atoms with van der Waals surface area (Å²) in [5, 5.41) is 9.88. The molecule has 0 amide bonds. The number of ether oxygens (including phenoxy) is 3. The number of nitrogens with one attached hydrogen (secondary N) is 3. The van der Waals surface area contributed by atoms with Crippen LogP contribution in [0.2, 0.25) is 0 Å². The number of rotatable bonds is 0. The van der Waals surface area contributed by atoms with Gasteiger partial charge >= 0.3 is 0 Å². The predicted molar refractivity (Wildman–Crippen MR) is 200 cm³/mol.